The minimum Gasteiger partial charge on any atom is -0.404 e. The monoisotopic (exact) mass is 341 g/mol. The van der Waals surface area contributed by atoms with Gasteiger partial charge in [-0.25, -0.2) is 0 Å². The van der Waals surface area contributed by atoms with Crippen molar-refractivity contribution in [3.63, 3.8) is 0 Å². The first-order chi connectivity index (χ1) is 8.49. The van der Waals surface area contributed by atoms with Crippen LogP contribution in [0.3, 0.4) is 0 Å². The number of aliphatic hydroxyl groups is 1. The van der Waals surface area contributed by atoms with Gasteiger partial charge in [0.05, 0.1) is 5.69 Å². The third-order valence-electron chi connectivity index (χ3n) is 1.97. The molecule has 2 N–H and O–H groups in total. The summed E-state index contributed by atoms with van der Waals surface area (Å²) in [6.45, 7) is 2.43. The molecule has 0 aliphatic heterocycles. The van der Waals surface area contributed by atoms with Crippen LogP contribution in [0.1, 0.15) is 13.8 Å². The van der Waals surface area contributed by atoms with Gasteiger partial charge >= 0.3 is 6.36 Å². The Morgan fingerprint density at radius 2 is 1.95 bits per heavy atom. The number of hydrogen-bond acceptors (Lipinski definition) is 3. The highest BCUT2D eigenvalue weighted by molar-refractivity contribution is 9.10. The number of benzene rings is 1. The molecule has 8 heteroatoms. The summed E-state index contributed by atoms with van der Waals surface area (Å²) in [5.41, 5.74) is -1.91. The minimum atomic E-state index is -4.88. The van der Waals surface area contributed by atoms with Crippen LogP contribution in [0.5, 0.6) is 5.75 Å². The lowest BCUT2D eigenvalue weighted by Gasteiger charge is -2.19. The van der Waals surface area contributed by atoms with Crippen LogP contribution in [0.15, 0.2) is 22.7 Å². The summed E-state index contributed by atoms with van der Waals surface area (Å²) >= 11 is 3.00. The van der Waals surface area contributed by atoms with Crippen molar-refractivity contribution in [2.75, 3.05) is 5.32 Å². The van der Waals surface area contributed by atoms with Crippen molar-refractivity contribution in [1.29, 1.82) is 0 Å². The Bertz CT molecular complexity index is 483. The average molecular weight is 342 g/mol. The molecule has 0 aromatic heterocycles. The Kier molecular flexibility index (Phi) is 4.46. The van der Waals surface area contributed by atoms with E-state index in [0.717, 1.165) is 6.07 Å². The Balaban J connectivity index is 3.04. The van der Waals surface area contributed by atoms with Gasteiger partial charge in [-0.2, -0.15) is 0 Å². The van der Waals surface area contributed by atoms with Crippen LogP contribution in [-0.2, 0) is 4.79 Å². The van der Waals surface area contributed by atoms with E-state index in [4.69, 9.17) is 0 Å². The fraction of sp³-hybridized carbons (Fsp3) is 0.364. The molecule has 0 atom stereocenters. The molecular weight excluding hydrogens is 331 g/mol. The zero-order valence-electron chi connectivity index (χ0n) is 10.0. The van der Waals surface area contributed by atoms with Gasteiger partial charge in [-0.3, -0.25) is 4.79 Å². The van der Waals surface area contributed by atoms with Crippen molar-refractivity contribution in [1.82, 2.24) is 0 Å². The van der Waals surface area contributed by atoms with E-state index in [1.165, 1.54) is 26.0 Å². The van der Waals surface area contributed by atoms with Crippen molar-refractivity contribution >= 4 is 27.5 Å². The number of ether oxygens (including phenoxy) is 1. The van der Waals surface area contributed by atoms with Crippen molar-refractivity contribution in [2.45, 2.75) is 25.8 Å². The number of anilines is 1. The number of nitrogens with one attached hydrogen (secondary N) is 1. The van der Waals surface area contributed by atoms with E-state index in [9.17, 15) is 23.1 Å². The van der Waals surface area contributed by atoms with Gasteiger partial charge in [0.1, 0.15) is 5.60 Å². The first kappa shape index (κ1) is 15.8. The maximum Gasteiger partial charge on any atom is 0.573 e. The van der Waals surface area contributed by atoms with E-state index < -0.39 is 23.6 Å². The lowest BCUT2D eigenvalue weighted by Crippen LogP contribution is -2.36. The van der Waals surface area contributed by atoms with Gasteiger partial charge in [0.15, 0.2) is 5.75 Å². The highest BCUT2D eigenvalue weighted by atomic mass is 79.9. The fourth-order valence-electron chi connectivity index (χ4n) is 1.08. The largest absolute Gasteiger partial charge is 0.573 e. The first-order valence-corrected chi connectivity index (χ1v) is 5.87. The van der Waals surface area contributed by atoms with E-state index in [-0.39, 0.29) is 5.69 Å². The van der Waals surface area contributed by atoms with Crippen LogP contribution >= 0.6 is 15.9 Å². The highest BCUT2D eigenvalue weighted by Gasteiger charge is 2.33. The molecule has 0 aliphatic carbocycles. The lowest BCUT2D eigenvalue weighted by molar-refractivity contribution is -0.274. The number of halogens is 4. The van der Waals surface area contributed by atoms with Crippen molar-refractivity contribution in [3.05, 3.63) is 22.7 Å². The second-order valence-electron chi connectivity index (χ2n) is 4.20. The Labute approximate surface area is 115 Å². The van der Waals surface area contributed by atoms with Crippen LogP contribution in [0.2, 0.25) is 0 Å². The first-order valence-electron chi connectivity index (χ1n) is 5.08. The summed E-state index contributed by atoms with van der Waals surface area (Å²) in [6.07, 6.45) is -4.88. The molecule has 0 radical (unpaired) electrons. The number of alkyl halides is 3. The molecular formula is C11H11BrF3NO3. The minimum absolute atomic E-state index is 0.187. The molecule has 1 aromatic carbocycles. The van der Waals surface area contributed by atoms with E-state index in [0.29, 0.717) is 4.47 Å². The number of amides is 1. The van der Waals surface area contributed by atoms with Crippen LogP contribution in [-0.4, -0.2) is 23.0 Å². The molecule has 1 aromatic rings. The van der Waals surface area contributed by atoms with Crippen molar-refractivity contribution < 1.29 is 27.8 Å². The average Bonchev–Trinajstić information content (AvgIpc) is 2.18. The van der Waals surface area contributed by atoms with Gasteiger partial charge in [-0.05, 0) is 32.0 Å². The summed E-state index contributed by atoms with van der Waals surface area (Å²) < 4.78 is 40.8. The summed E-state index contributed by atoms with van der Waals surface area (Å²) in [4.78, 5) is 11.5. The quantitative estimate of drug-likeness (QED) is 0.888. The van der Waals surface area contributed by atoms with Gasteiger partial charge in [0, 0.05) is 4.47 Å². The van der Waals surface area contributed by atoms with E-state index in [1.807, 2.05) is 0 Å². The summed E-state index contributed by atoms with van der Waals surface area (Å²) in [7, 11) is 0. The molecule has 0 saturated heterocycles. The van der Waals surface area contributed by atoms with Gasteiger partial charge in [-0.1, -0.05) is 15.9 Å². The second kappa shape index (κ2) is 5.38. The van der Waals surface area contributed by atoms with Crippen LogP contribution in [0.25, 0.3) is 0 Å². The third-order valence-corrected chi connectivity index (χ3v) is 2.47. The summed E-state index contributed by atoms with van der Waals surface area (Å²) in [5, 5.41) is 11.6. The molecule has 0 heterocycles. The van der Waals surface area contributed by atoms with Crippen LogP contribution < -0.4 is 10.1 Å². The normalized spacial score (nSPS) is 12.2. The van der Waals surface area contributed by atoms with E-state index in [2.05, 4.69) is 26.0 Å². The molecule has 0 unspecified atom stereocenters. The molecule has 0 saturated carbocycles. The molecule has 1 amide bonds. The molecule has 0 aliphatic rings. The van der Waals surface area contributed by atoms with Crippen molar-refractivity contribution in [3.8, 4) is 5.75 Å². The summed E-state index contributed by atoms with van der Waals surface area (Å²) in [5.74, 6) is -1.42. The molecule has 0 bridgehead atoms. The SMILES string of the molecule is CC(C)(O)C(=O)Nc1ccc(Br)cc1OC(F)(F)F. The Morgan fingerprint density at radius 1 is 1.37 bits per heavy atom. The molecule has 0 fully saturated rings. The zero-order chi connectivity index (χ0) is 14.8. The van der Waals surface area contributed by atoms with E-state index >= 15 is 0 Å². The molecule has 106 valence electrons. The fourth-order valence-corrected chi connectivity index (χ4v) is 1.42. The lowest BCUT2D eigenvalue weighted by atomic mass is 10.1. The van der Waals surface area contributed by atoms with Gasteiger partial charge in [0.25, 0.3) is 5.91 Å². The van der Waals surface area contributed by atoms with Gasteiger partial charge < -0.3 is 15.2 Å². The molecule has 1 rings (SSSR count). The predicted molar refractivity (Wildman–Crippen MR) is 65.8 cm³/mol. The topological polar surface area (TPSA) is 58.6 Å². The Hall–Kier alpha value is -1.28. The zero-order valence-corrected chi connectivity index (χ0v) is 11.6. The van der Waals surface area contributed by atoms with Gasteiger partial charge in [-0.15, -0.1) is 13.2 Å². The number of carbonyl (C=O) groups is 1. The summed E-state index contributed by atoms with van der Waals surface area (Å²) in [6, 6.07) is 3.73. The third kappa shape index (κ3) is 5.07. The van der Waals surface area contributed by atoms with Crippen LogP contribution in [0, 0.1) is 0 Å². The molecule has 0 spiro atoms. The number of rotatable bonds is 3. The number of hydrogen-bond donors (Lipinski definition) is 2. The van der Waals surface area contributed by atoms with Crippen LogP contribution in [0.4, 0.5) is 18.9 Å². The van der Waals surface area contributed by atoms with Gasteiger partial charge in [0.2, 0.25) is 0 Å². The predicted octanol–water partition coefficient (Wildman–Crippen LogP) is 3.06. The highest BCUT2D eigenvalue weighted by Crippen LogP contribution is 2.33. The maximum atomic E-state index is 12.2. The maximum absolute atomic E-state index is 12.2. The van der Waals surface area contributed by atoms with Crippen molar-refractivity contribution in [2.24, 2.45) is 0 Å². The standard InChI is InChI=1S/C11H11BrF3NO3/c1-10(2,18)9(17)16-7-4-3-6(12)5-8(7)19-11(13,14)15/h3-5,18H,1-2H3,(H,16,17). The molecule has 4 nitrogen and oxygen atoms in total. The number of carbonyl (C=O) groups excluding carboxylic acids is 1. The van der Waals surface area contributed by atoms with E-state index in [1.54, 1.807) is 0 Å². The smallest absolute Gasteiger partial charge is 0.404 e. The Morgan fingerprint density at radius 3 is 2.42 bits per heavy atom. The second-order valence-corrected chi connectivity index (χ2v) is 5.12. The molecule has 19 heavy (non-hydrogen) atoms.